The van der Waals surface area contributed by atoms with E-state index in [0.717, 1.165) is 29.3 Å². The summed E-state index contributed by atoms with van der Waals surface area (Å²) in [5.74, 6) is -3.93. The van der Waals surface area contributed by atoms with Gasteiger partial charge in [-0.2, -0.15) is 4.31 Å². The van der Waals surface area contributed by atoms with Crippen molar-refractivity contribution in [2.75, 3.05) is 20.2 Å². The molecule has 1 saturated heterocycles. The van der Waals surface area contributed by atoms with E-state index >= 15 is 0 Å². The second-order valence-electron chi connectivity index (χ2n) is 9.58. The van der Waals surface area contributed by atoms with Gasteiger partial charge in [0.25, 0.3) is 11.8 Å². The molecule has 0 aliphatic carbocycles. The maximum atomic E-state index is 11.9. The number of nitrogens with zero attached hydrogens (tertiary/aromatic N) is 3. The second kappa shape index (κ2) is 19.6. The highest BCUT2D eigenvalue weighted by molar-refractivity contribution is 7.99. The van der Waals surface area contributed by atoms with Gasteiger partial charge in [-0.05, 0) is 55.2 Å². The molecule has 14 heteroatoms. The number of benzene rings is 1. The van der Waals surface area contributed by atoms with Gasteiger partial charge in [-0.1, -0.05) is 45.1 Å². The molecule has 1 fully saturated rings. The van der Waals surface area contributed by atoms with Crippen molar-refractivity contribution in [3.05, 3.63) is 59.8 Å². The van der Waals surface area contributed by atoms with E-state index < -0.39 is 29.1 Å². The van der Waals surface area contributed by atoms with Crippen molar-refractivity contribution in [1.29, 1.82) is 0 Å². The number of aromatic nitrogens is 2. The van der Waals surface area contributed by atoms with Crippen LogP contribution in [-0.2, 0) is 9.59 Å². The molecule has 0 saturated carbocycles. The molecule has 13 nitrogen and oxygen atoms in total. The molecule has 1 aromatic carbocycles. The molecule has 3 rings (SSSR count). The Morgan fingerprint density at radius 1 is 1.14 bits per heavy atom. The summed E-state index contributed by atoms with van der Waals surface area (Å²) in [4.78, 5) is 42.2. The van der Waals surface area contributed by atoms with E-state index in [-0.39, 0.29) is 25.2 Å². The molecule has 2 heterocycles. The lowest BCUT2D eigenvalue weighted by Gasteiger charge is -2.32. The average molecular weight is 608 g/mol. The van der Waals surface area contributed by atoms with Crippen molar-refractivity contribution in [1.82, 2.24) is 19.6 Å². The first-order valence-electron chi connectivity index (χ1n) is 13.0. The number of ketones is 1. The van der Waals surface area contributed by atoms with Gasteiger partial charge in [-0.3, -0.25) is 24.8 Å². The number of Topliss-reactive ketones (excluding diaryl/α,β-unsaturated/α-hetero) is 1. The monoisotopic (exact) mass is 607 g/mol. The van der Waals surface area contributed by atoms with Crippen molar-refractivity contribution in [3.8, 4) is 0 Å². The van der Waals surface area contributed by atoms with Crippen LogP contribution in [0.3, 0.4) is 0 Å². The van der Waals surface area contributed by atoms with Gasteiger partial charge >= 0.3 is 0 Å². The molecule has 0 bridgehead atoms. The smallest absolute Gasteiger partial charge is 0.300 e. The molecule has 2 aromatic rings. The lowest BCUT2D eigenvalue weighted by atomic mass is 9.94. The Bertz CT molecular complexity index is 1220. The molecule has 1 unspecified atom stereocenters. The van der Waals surface area contributed by atoms with Gasteiger partial charge in [0.05, 0.1) is 23.8 Å². The van der Waals surface area contributed by atoms with Crippen LogP contribution in [-0.4, -0.2) is 90.2 Å². The van der Waals surface area contributed by atoms with Crippen LogP contribution in [0.5, 0.6) is 0 Å². The number of carbonyl (C=O) groups excluding carboxylic acids is 3. The van der Waals surface area contributed by atoms with Crippen molar-refractivity contribution in [2.24, 2.45) is 11.7 Å². The maximum Gasteiger partial charge on any atom is 0.300 e. The Labute approximate surface area is 250 Å². The number of aliphatic hydroxyl groups is 4. The third-order valence-corrected chi connectivity index (χ3v) is 5.84. The summed E-state index contributed by atoms with van der Waals surface area (Å²) in [5.41, 5.74) is 4.68. The fourth-order valence-corrected chi connectivity index (χ4v) is 3.82. The Morgan fingerprint density at radius 3 is 2.31 bits per heavy atom. The van der Waals surface area contributed by atoms with Crippen molar-refractivity contribution < 1.29 is 40.2 Å². The summed E-state index contributed by atoms with van der Waals surface area (Å²) in [6.07, 6.45) is 8.33. The molecule has 1 atom stereocenters. The number of aliphatic hydroxyl groups excluding tert-OH is 1. The number of hydrogen-bond donors (Lipinski definition) is 7. The Hall–Kier alpha value is -3.53. The molecule has 1 aliphatic rings. The first kappa shape index (κ1) is 38.5. The van der Waals surface area contributed by atoms with E-state index in [4.69, 9.17) is 16.2 Å². The summed E-state index contributed by atoms with van der Waals surface area (Å²) in [6, 6.07) is 7.20. The van der Waals surface area contributed by atoms with Crippen LogP contribution in [0.1, 0.15) is 51.0 Å². The molecule has 1 aromatic heterocycles. The van der Waals surface area contributed by atoms with Crippen LogP contribution in [0.25, 0.3) is 11.0 Å². The molecule has 0 spiro atoms. The zero-order valence-electron chi connectivity index (χ0n) is 24.6. The zero-order chi connectivity index (χ0) is 32.3. The average Bonchev–Trinajstić information content (AvgIpc) is 3.02. The predicted molar refractivity (Wildman–Crippen MR) is 162 cm³/mol. The van der Waals surface area contributed by atoms with Crippen LogP contribution < -0.4 is 16.5 Å². The first-order valence-corrected chi connectivity index (χ1v) is 13.8. The van der Waals surface area contributed by atoms with Gasteiger partial charge in [0.2, 0.25) is 11.7 Å². The maximum absolute atomic E-state index is 11.9. The number of primary amides is 1. The molecule has 2 amide bonds. The Kier molecular flexibility index (Phi) is 17.9. The van der Waals surface area contributed by atoms with Crippen molar-refractivity contribution in [2.45, 2.75) is 52.0 Å². The van der Waals surface area contributed by atoms with Crippen LogP contribution in [0.4, 0.5) is 0 Å². The van der Waals surface area contributed by atoms with E-state index in [2.05, 4.69) is 36.1 Å². The predicted octanol–water partition coefficient (Wildman–Crippen LogP) is -0.296. The fraction of sp³-hybridized carbons (Fsp3) is 0.429. The third kappa shape index (κ3) is 13.9. The van der Waals surface area contributed by atoms with E-state index in [0.29, 0.717) is 17.5 Å². The minimum atomic E-state index is -2.68. The molecule has 0 radical (unpaired) electrons. The molecule has 9 N–H and O–H groups in total. The third-order valence-electron chi connectivity index (χ3n) is 4.87. The minimum absolute atomic E-state index is 0.157. The summed E-state index contributed by atoms with van der Waals surface area (Å²) in [5, 5.41) is 45.7. The SMILES string of the molecule is CC(C)C.CC1(O)CCCN(S/C=C/C=C\C=[NH2+])C(O)(O)C1=O.CO.NC(=O)CNC(=O)c1cnc2ccccc2n1. The first-order chi connectivity index (χ1) is 19.7. The van der Waals surface area contributed by atoms with Gasteiger partial charge in [0.1, 0.15) is 11.3 Å². The molecular weight excluding hydrogens is 564 g/mol. The number of rotatable bonds is 7. The van der Waals surface area contributed by atoms with Crippen LogP contribution in [0.15, 0.2) is 54.1 Å². The van der Waals surface area contributed by atoms with E-state index in [9.17, 15) is 29.7 Å². The minimum Gasteiger partial charge on any atom is -0.400 e. The number of amides is 2. The summed E-state index contributed by atoms with van der Waals surface area (Å²) in [6.45, 7) is 7.85. The zero-order valence-corrected chi connectivity index (χ0v) is 25.4. The van der Waals surface area contributed by atoms with Crippen LogP contribution in [0, 0.1) is 5.92 Å². The van der Waals surface area contributed by atoms with Crippen molar-refractivity contribution >= 4 is 46.8 Å². The quantitative estimate of drug-likeness (QED) is 0.0936. The lowest BCUT2D eigenvalue weighted by Crippen LogP contribution is -2.57. The van der Waals surface area contributed by atoms with E-state index in [1.165, 1.54) is 19.3 Å². The van der Waals surface area contributed by atoms with E-state index in [1.807, 2.05) is 12.1 Å². The van der Waals surface area contributed by atoms with Crippen LogP contribution in [0.2, 0.25) is 0 Å². The highest BCUT2D eigenvalue weighted by Crippen LogP contribution is 2.31. The number of para-hydroxylation sites is 2. The molecule has 232 valence electrons. The van der Waals surface area contributed by atoms with Gasteiger partial charge in [0.15, 0.2) is 6.21 Å². The number of allylic oxidation sites excluding steroid dienone is 3. The fourth-order valence-electron chi connectivity index (χ4n) is 3.04. The van der Waals surface area contributed by atoms with E-state index in [1.54, 1.807) is 35.8 Å². The number of nitrogens with one attached hydrogen (secondary N) is 1. The highest BCUT2D eigenvalue weighted by atomic mass is 32.2. The summed E-state index contributed by atoms with van der Waals surface area (Å²) in [7, 11) is 1.00. The number of fused-ring (bicyclic) bond motifs is 1. The van der Waals surface area contributed by atoms with Gasteiger partial charge in [-0.25, -0.2) is 4.98 Å². The van der Waals surface area contributed by atoms with Gasteiger partial charge in [0, 0.05) is 19.7 Å². The Balaban J connectivity index is 0.000000677. The normalized spacial score (nSPS) is 18.2. The Morgan fingerprint density at radius 2 is 1.74 bits per heavy atom. The van der Waals surface area contributed by atoms with Gasteiger partial charge in [-0.15, -0.1) is 0 Å². The summed E-state index contributed by atoms with van der Waals surface area (Å²) < 4.78 is 1.13. The highest BCUT2D eigenvalue weighted by Gasteiger charge is 2.51. The largest absolute Gasteiger partial charge is 0.400 e. The van der Waals surface area contributed by atoms with Crippen molar-refractivity contribution in [3.63, 3.8) is 0 Å². The van der Waals surface area contributed by atoms with Gasteiger partial charge < -0.3 is 31.5 Å². The standard InChI is InChI=1S/C12H18N2O4S.C11H10N4O2.C4H10.CH4O/c1-11(16)6-5-8-14(12(17,18)10(11)15)19-9-4-2-3-7-13;12-10(16)6-14-11(17)9-5-13-7-3-1-2-4-8(7)15-9;1-4(2)3;1-2/h2-4,7,9,13,16-18H,5-6,8H2,1H3;1-5H,6H2,(H2,12,16)(H,14,17);4H,1-3H3;2H,1H3/p+1/b3-2-,9-4+,13-7?;;;. The number of nitrogens with two attached hydrogens (primary N) is 2. The second-order valence-corrected chi connectivity index (χ2v) is 10.5. The van der Waals surface area contributed by atoms with Crippen LogP contribution >= 0.6 is 11.9 Å². The molecule has 42 heavy (non-hydrogen) atoms. The summed E-state index contributed by atoms with van der Waals surface area (Å²) >= 11 is 0.987. The number of carbonyl (C=O) groups is 3. The molecule has 1 aliphatic heterocycles. The molecular formula is C28H43N6O7S+. The topological polar surface area (TPSA) is 225 Å². The lowest BCUT2D eigenvalue weighted by molar-refractivity contribution is -0.230. The number of hydrogen-bond acceptors (Lipinski definition) is 11.